The first-order valence-electron chi connectivity index (χ1n) is 8.81. The van der Waals surface area contributed by atoms with Crippen LogP contribution in [0.25, 0.3) is 5.57 Å². The Morgan fingerprint density at radius 1 is 1.03 bits per heavy atom. The highest BCUT2D eigenvalue weighted by Crippen LogP contribution is 2.32. The quantitative estimate of drug-likeness (QED) is 0.354. The SMILES string of the molecule is O=C(O)COc1ccc(SCC=C(c2ccccc2)c2ccc(Cl)cc2)cc1Br. The van der Waals surface area contributed by atoms with Crippen LogP contribution in [-0.4, -0.2) is 23.4 Å². The third-order valence-corrected chi connectivity index (χ3v) is 5.82. The molecule has 29 heavy (non-hydrogen) atoms. The van der Waals surface area contributed by atoms with Crippen LogP contribution in [0.3, 0.4) is 0 Å². The van der Waals surface area contributed by atoms with E-state index in [0.29, 0.717) is 10.8 Å². The number of thioether (sulfide) groups is 1. The van der Waals surface area contributed by atoms with Gasteiger partial charge >= 0.3 is 5.97 Å². The van der Waals surface area contributed by atoms with Crippen molar-refractivity contribution in [2.75, 3.05) is 12.4 Å². The predicted octanol–water partition coefficient (Wildman–Crippen LogP) is 6.79. The summed E-state index contributed by atoms with van der Waals surface area (Å²) in [7, 11) is 0. The van der Waals surface area contributed by atoms with Gasteiger partial charge in [-0.2, -0.15) is 0 Å². The zero-order chi connectivity index (χ0) is 20.6. The highest BCUT2D eigenvalue weighted by atomic mass is 79.9. The molecule has 0 spiro atoms. The number of hydrogen-bond donors (Lipinski definition) is 1. The van der Waals surface area contributed by atoms with Gasteiger partial charge in [0.2, 0.25) is 0 Å². The van der Waals surface area contributed by atoms with Crippen molar-refractivity contribution in [3.05, 3.63) is 99.5 Å². The topological polar surface area (TPSA) is 46.5 Å². The van der Waals surface area contributed by atoms with Gasteiger partial charge in [0.05, 0.1) is 4.47 Å². The average molecular weight is 490 g/mol. The lowest BCUT2D eigenvalue weighted by atomic mass is 9.98. The number of rotatable bonds is 8. The van der Waals surface area contributed by atoms with Gasteiger partial charge in [0, 0.05) is 15.7 Å². The molecule has 3 nitrogen and oxygen atoms in total. The van der Waals surface area contributed by atoms with Gasteiger partial charge in [-0.25, -0.2) is 4.79 Å². The van der Waals surface area contributed by atoms with Crippen LogP contribution in [0.1, 0.15) is 11.1 Å². The van der Waals surface area contributed by atoms with Crippen LogP contribution in [0.5, 0.6) is 5.75 Å². The van der Waals surface area contributed by atoms with Crippen LogP contribution in [-0.2, 0) is 4.79 Å². The minimum atomic E-state index is -1.00. The summed E-state index contributed by atoms with van der Waals surface area (Å²) in [5.41, 5.74) is 3.41. The van der Waals surface area contributed by atoms with Gasteiger partial charge in [0.15, 0.2) is 6.61 Å². The molecule has 0 atom stereocenters. The molecule has 6 heteroatoms. The molecule has 0 aliphatic rings. The lowest BCUT2D eigenvalue weighted by Gasteiger charge is -2.10. The maximum absolute atomic E-state index is 10.7. The first-order chi connectivity index (χ1) is 14.0. The fourth-order valence-electron chi connectivity index (χ4n) is 2.70. The average Bonchev–Trinajstić information content (AvgIpc) is 2.72. The van der Waals surface area contributed by atoms with E-state index in [2.05, 4.69) is 34.1 Å². The van der Waals surface area contributed by atoms with Crippen molar-refractivity contribution >= 4 is 50.8 Å². The summed E-state index contributed by atoms with van der Waals surface area (Å²) in [6.45, 7) is -0.366. The van der Waals surface area contributed by atoms with E-state index in [4.69, 9.17) is 21.4 Å². The Hall–Kier alpha value is -2.21. The minimum absolute atomic E-state index is 0.366. The fourth-order valence-corrected chi connectivity index (χ4v) is 4.28. The van der Waals surface area contributed by atoms with Gasteiger partial charge in [0.25, 0.3) is 0 Å². The number of benzene rings is 3. The summed E-state index contributed by atoms with van der Waals surface area (Å²) in [4.78, 5) is 11.7. The third kappa shape index (κ3) is 6.39. The molecule has 0 aliphatic carbocycles. The molecule has 0 amide bonds. The number of carboxylic acids is 1. The van der Waals surface area contributed by atoms with Gasteiger partial charge in [-0.15, -0.1) is 11.8 Å². The molecule has 0 saturated heterocycles. The molecule has 0 heterocycles. The predicted molar refractivity (Wildman–Crippen MR) is 123 cm³/mol. The van der Waals surface area contributed by atoms with Crippen molar-refractivity contribution in [3.8, 4) is 5.75 Å². The molecule has 3 rings (SSSR count). The Bertz CT molecular complexity index is 1000. The maximum Gasteiger partial charge on any atom is 0.341 e. The summed E-state index contributed by atoms with van der Waals surface area (Å²) < 4.78 is 5.97. The second-order valence-electron chi connectivity index (χ2n) is 6.08. The van der Waals surface area contributed by atoms with Gasteiger partial charge in [-0.1, -0.05) is 60.1 Å². The summed E-state index contributed by atoms with van der Waals surface area (Å²) >= 11 is 11.2. The van der Waals surface area contributed by atoms with Crippen molar-refractivity contribution in [1.82, 2.24) is 0 Å². The van der Waals surface area contributed by atoms with Crippen molar-refractivity contribution in [2.45, 2.75) is 4.90 Å². The Kier molecular flexibility index (Phi) is 7.81. The van der Waals surface area contributed by atoms with Crippen LogP contribution in [0.2, 0.25) is 5.02 Å². The van der Waals surface area contributed by atoms with Crippen LogP contribution in [0.15, 0.2) is 88.2 Å². The smallest absolute Gasteiger partial charge is 0.341 e. The molecule has 0 aliphatic heterocycles. The number of carbonyl (C=O) groups is 1. The number of aliphatic carboxylic acids is 1. The van der Waals surface area contributed by atoms with Crippen LogP contribution < -0.4 is 4.74 Å². The Morgan fingerprint density at radius 3 is 2.38 bits per heavy atom. The van der Waals surface area contributed by atoms with E-state index >= 15 is 0 Å². The van der Waals surface area contributed by atoms with E-state index in [1.54, 1.807) is 17.8 Å². The van der Waals surface area contributed by atoms with Crippen molar-refractivity contribution < 1.29 is 14.6 Å². The van der Waals surface area contributed by atoms with E-state index in [-0.39, 0.29) is 6.61 Å². The van der Waals surface area contributed by atoms with E-state index in [1.807, 2.05) is 54.6 Å². The van der Waals surface area contributed by atoms with Crippen molar-refractivity contribution in [1.29, 1.82) is 0 Å². The Labute approximate surface area is 187 Å². The first kappa shape index (κ1) is 21.5. The van der Waals surface area contributed by atoms with Gasteiger partial charge in [-0.3, -0.25) is 0 Å². The molecule has 0 radical (unpaired) electrons. The molecule has 0 aromatic heterocycles. The highest BCUT2D eigenvalue weighted by Gasteiger charge is 2.07. The second kappa shape index (κ2) is 10.5. The van der Waals surface area contributed by atoms with Crippen LogP contribution in [0.4, 0.5) is 0 Å². The van der Waals surface area contributed by atoms with E-state index in [0.717, 1.165) is 31.8 Å². The molecular formula is C23H18BrClO3S. The standard InChI is InChI=1S/C23H18BrClO3S/c24-21-14-19(10-11-22(21)28-15-23(26)27)29-13-12-20(16-4-2-1-3-5-16)17-6-8-18(25)9-7-17/h1-12,14H,13,15H2,(H,26,27). The van der Waals surface area contributed by atoms with E-state index in [1.165, 1.54) is 0 Å². The molecule has 0 bridgehead atoms. The highest BCUT2D eigenvalue weighted by molar-refractivity contribution is 9.10. The Balaban J connectivity index is 1.75. The van der Waals surface area contributed by atoms with E-state index < -0.39 is 5.97 Å². The van der Waals surface area contributed by atoms with Crippen LogP contribution >= 0.6 is 39.3 Å². The molecule has 3 aromatic rings. The van der Waals surface area contributed by atoms with Crippen molar-refractivity contribution in [2.24, 2.45) is 0 Å². The second-order valence-corrected chi connectivity index (χ2v) is 8.46. The molecule has 1 N–H and O–H groups in total. The maximum atomic E-state index is 10.7. The minimum Gasteiger partial charge on any atom is -0.481 e. The van der Waals surface area contributed by atoms with Crippen LogP contribution in [0, 0.1) is 0 Å². The molecule has 0 unspecified atom stereocenters. The lowest BCUT2D eigenvalue weighted by molar-refractivity contribution is -0.139. The lowest BCUT2D eigenvalue weighted by Crippen LogP contribution is -2.09. The van der Waals surface area contributed by atoms with Crippen molar-refractivity contribution in [3.63, 3.8) is 0 Å². The Morgan fingerprint density at radius 2 is 1.72 bits per heavy atom. The number of hydrogen-bond acceptors (Lipinski definition) is 3. The molecule has 3 aromatic carbocycles. The normalized spacial score (nSPS) is 11.3. The largest absolute Gasteiger partial charge is 0.481 e. The molecule has 148 valence electrons. The van der Waals surface area contributed by atoms with Gasteiger partial charge in [-0.05, 0) is 63.0 Å². The number of carboxylic acid groups (broad SMARTS) is 1. The molecule has 0 fully saturated rings. The monoisotopic (exact) mass is 488 g/mol. The summed E-state index contributed by atoms with van der Waals surface area (Å²) in [6.07, 6.45) is 2.20. The summed E-state index contributed by atoms with van der Waals surface area (Å²) in [5.74, 6) is 0.281. The third-order valence-electron chi connectivity index (χ3n) is 4.03. The zero-order valence-electron chi connectivity index (χ0n) is 15.3. The summed E-state index contributed by atoms with van der Waals surface area (Å²) in [6, 6.07) is 23.7. The van der Waals surface area contributed by atoms with Gasteiger partial charge in [0.1, 0.15) is 5.75 Å². The first-order valence-corrected chi connectivity index (χ1v) is 11.0. The van der Waals surface area contributed by atoms with E-state index in [9.17, 15) is 4.79 Å². The fraction of sp³-hybridized carbons (Fsp3) is 0.0870. The summed E-state index contributed by atoms with van der Waals surface area (Å²) in [5, 5.41) is 9.45. The molecular weight excluding hydrogens is 472 g/mol. The number of ether oxygens (including phenoxy) is 1. The number of halogens is 2. The van der Waals surface area contributed by atoms with Gasteiger partial charge < -0.3 is 9.84 Å². The zero-order valence-corrected chi connectivity index (χ0v) is 18.5. The molecule has 0 saturated carbocycles.